The van der Waals surface area contributed by atoms with Crippen molar-refractivity contribution in [3.63, 3.8) is 0 Å². The minimum atomic E-state index is -5.40. The number of ether oxygens (including phenoxy) is 1. The standard InChI is InChI=1S/C10H14N2O14P2/c13-5-1-3(9(16)17)12(10(18)11-5)8-7(15)6(14)4(25-8)2-24-28(22,23)26-27(19,20)21/h1,4,6-8,14-15H,2H2,(H,16,17)(H,22,23)(H,11,13,18)(H2,19,20,21)/t4-,6-,7-,8-/m1/s1. The van der Waals surface area contributed by atoms with Crippen molar-refractivity contribution in [3.8, 4) is 0 Å². The lowest BCUT2D eigenvalue weighted by atomic mass is 10.1. The molecule has 0 saturated carbocycles. The summed E-state index contributed by atoms with van der Waals surface area (Å²) in [5, 5.41) is 29.1. The van der Waals surface area contributed by atoms with Crippen LogP contribution in [0.1, 0.15) is 16.7 Å². The smallest absolute Gasteiger partial charge is 0.477 e. The molecule has 1 saturated heterocycles. The van der Waals surface area contributed by atoms with E-state index < -0.39 is 69.7 Å². The van der Waals surface area contributed by atoms with Crippen molar-refractivity contribution in [2.24, 2.45) is 0 Å². The van der Waals surface area contributed by atoms with Gasteiger partial charge in [-0.1, -0.05) is 0 Å². The third kappa shape index (κ3) is 5.21. The maximum atomic E-state index is 11.9. The summed E-state index contributed by atoms with van der Waals surface area (Å²) >= 11 is 0. The van der Waals surface area contributed by atoms with Crippen LogP contribution in [-0.2, 0) is 22.7 Å². The highest BCUT2D eigenvalue weighted by Crippen LogP contribution is 2.57. The second-order valence-electron chi connectivity index (χ2n) is 5.38. The van der Waals surface area contributed by atoms with Gasteiger partial charge in [-0.05, 0) is 0 Å². The number of phosphoric ester groups is 1. The maximum Gasteiger partial charge on any atom is 0.481 e. The number of nitrogens with one attached hydrogen (secondary N) is 1. The number of aromatic amines is 1. The molecule has 5 atom stereocenters. The minimum Gasteiger partial charge on any atom is -0.477 e. The zero-order valence-corrected chi connectivity index (χ0v) is 15.2. The Kier molecular flexibility index (Phi) is 6.42. The third-order valence-corrected chi connectivity index (χ3v) is 5.55. The first kappa shape index (κ1) is 22.6. The SMILES string of the molecule is O=C(O)c1cc(=O)[nH]c(=O)n1[C@@H]1O[C@H](COP(=O)(O)OP(=O)(O)O)[C@@H](O)[C@H]1O. The van der Waals surface area contributed by atoms with E-state index in [9.17, 15) is 38.6 Å². The van der Waals surface area contributed by atoms with Gasteiger partial charge in [-0.25, -0.2) is 18.7 Å². The first-order valence-corrected chi connectivity index (χ1v) is 10.1. The number of carboxylic acids is 1. The van der Waals surface area contributed by atoms with Crippen LogP contribution in [0.5, 0.6) is 0 Å². The largest absolute Gasteiger partial charge is 0.481 e. The molecule has 0 bridgehead atoms. The van der Waals surface area contributed by atoms with Crippen molar-refractivity contribution in [3.05, 3.63) is 32.6 Å². The van der Waals surface area contributed by atoms with Crippen molar-refractivity contribution in [2.75, 3.05) is 6.61 Å². The van der Waals surface area contributed by atoms with Crippen LogP contribution in [0.2, 0.25) is 0 Å². The molecule has 7 N–H and O–H groups in total. The van der Waals surface area contributed by atoms with Crippen molar-refractivity contribution >= 4 is 21.6 Å². The summed E-state index contributed by atoms with van der Waals surface area (Å²) in [6, 6.07) is 0.520. The molecule has 1 aliphatic heterocycles. The molecule has 1 aromatic heterocycles. The van der Waals surface area contributed by atoms with Gasteiger partial charge >= 0.3 is 27.3 Å². The van der Waals surface area contributed by atoms with Crippen molar-refractivity contribution in [1.82, 2.24) is 9.55 Å². The number of hydrogen-bond acceptors (Lipinski definition) is 10. The van der Waals surface area contributed by atoms with Crippen LogP contribution in [-0.4, -0.2) is 70.4 Å². The minimum absolute atomic E-state index is 0.322. The molecular formula is C10H14N2O14P2. The molecule has 2 heterocycles. The normalized spacial score (nSPS) is 27.5. The fourth-order valence-corrected chi connectivity index (χ4v) is 3.93. The number of rotatable bonds is 7. The predicted octanol–water partition coefficient (Wildman–Crippen LogP) is -2.92. The number of hydrogen-bond donors (Lipinski definition) is 7. The lowest BCUT2D eigenvalue weighted by Crippen LogP contribution is -2.40. The van der Waals surface area contributed by atoms with Gasteiger partial charge in [0.25, 0.3) is 5.56 Å². The van der Waals surface area contributed by atoms with E-state index >= 15 is 0 Å². The number of H-pyrrole nitrogens is 1. The second kappa shape index (κ2) is 7.96. The summed E-state index contributed by atoms with van der Waals surface area (Å²) in [6.07, 6.45) is -7.34. The van der Waals surface area contributed by atoms with Crippen molar-refractivity contribution in [1.29, 1.82) is 0 Å². The molecule has 1 unspecified atom stereocenters. The fraction of sp³-hybridized carbons (Fsp3) is 0.500. The molecule has 0 radical (unpaired) electrons. The van der Waals surface area contributed by atoms with Gasteiger partial charge in [0.05, 0.1) is 6.61 Å². The molecule has 1 fully saturated rings. The average Bonchev–Trinajstić information content (AvgIpc) is 2.78. The molecular weight excluding hydrogens is 434 g/mol. The highest BCUT2D eigenvalue weighted by molar-refractivity contribution is 7.60. The fourth-order valence-electron chi connectivity index (χ4n) is 2.33. The van der Waals surface area contributed by atoms with Gasteiger partial charge in [0.2, 0.25) is 0 Å². The van der Waals surface area contributed by atoms with E-state index in [2.05, 4.69) is 8.83 Å². The van der Waals surface area contributed by atoms with E-state index in [0.29, 0.717) is 10.6 Å². The van der Waals surface area contributed by atoms with Crippen molar-refractivity contribution in [2.45, 2.75) is 24.5 Å². The highest BCUT2D eigenvalue weighted by atomic mass is 31.3. The Balaban J connectivity index is 2.25. The molecule has 0 amide bonds. The maximum absolute atomic E-state index is 11.9. The topological polar surface area (TPSA) is 255 Å². The third-order valence-electron chi connectivity index (χ3n) is 3.40. The number of nitrogens with zero attached hydrogens (tertiary/aromatic N) is 1. The van der Waals surface area contributed by atoms with E-state index in [4.69, 9.17) is 19.6 Å². The highest BCUT2D eigenvalue weighted by Gasteiger charge is 2.46. The summed E-state index contributed by atoms with van der Waals surface area (Å²) < 4.78 is 35.2. The lowest BCUT2D eigenvalue weighted by Gasteiger charge is -2.19. The summed E-state index contributed by atoms with van der Waals surface area (Å²) in [7, 11) is -10.7. The van der Waals surface area contributed by atoms with Gasteiger partial charge in [-0.3, -0.25) is 18.9 Å². The Morgan fingerprint density at radius 3 is 2.36 bits per heavy atom. The van der Waals surface area contributed by atoms with Crippen LogP contribution in [0.3, 0.4) is 0 Å². The predicted molar refractivity (Wildman–Crippen MR) is 83.1 cm³/mol. The first-order valence-electron chi connectivity index (χ1n) is 7.07. The Morgan fingerprint density at radius 2 is 1.82 bits per heavy atom. The van der Waals surface area contributed by atoms with E-state index in [1.807, 2.05) is 0 Å². The second-order valence-corrected chi connectivity index (χ2v) is 8.21. The summed E-state index contributed by atoms with van der Waals surface area (Å²) in [5.41, 5.74) is -3.23. The monoisotopic (exact) mass is 448 g/mol. The number of aromatic nitrogens is 2. The molecule has 0 aliphatic carbocycles. The lowest BCUT2D eigenvalue weighted by molar-refractivity contribution is -0.0554. The van der Waals surface area contributed by atoms with Crippen LogP contribution < -0.4 is 11.2 Å². The van der Waals surface area contributed by atoms with E-state index in [1.54, 1.807) is 4.98 Å². The molecule has 28 heavy (non-hydrogen) atoms. The van der Waals surface area contributed by atoms with Gasteiger partial charge in [0.1, 0.15) is 24.0 Å². The Bertz CT molecular complexity index is 964. The molecule has 0 aromatic carbocycles. The van der Waals surface area contributed by atoms with Crippen LogP contribution >= 0.6 is 15.6 Å². The van der Waals surface area contributed by atoms with E-state index in [1.165, 1.54) is 0 Å². The molecule has 1 aliphatic rings. The summed E-state index contributed by atoms with van der Waals surface area (Å²) in [5.74, 6) is -1.73. The van der Waals surface area contributed by atoms with Gasteiger partial charge in [0.15, 0.2) is 6.23 Å². The van der Waals surface area contributed by atoms with Gasteiger partial charge in [-0.15, -0.1) is 0 Å². The molecule has 16 nitrogen and oxygen atoms in total. The van der Waals surface area contributed by atoms with Gasteiger partial charge < -0.3 is 34.7 Å². The molecule has 18 heteroatoms. The molecule has 1 aromatic rings. The van der Waals surface area contributed by atoms with E-state index in [-0.39, 0.29) is 0 Å². The summed E-state index contributed by atoms with van der Waals surface area (Å²) in [4.78, 5) is 62.4. The van der Waals surface area contributed by atoms with Crippen LogP contribution in [0.25, 0.3) is 0 Å². The quantitative estimate of drug-likeness (QED) is 0.206. The molecule has 2 rings (SSSR count). The number of carboxylic acid groups (broad SMARTS) is 1. The van der Waals surface area contributed by atoms with E-state index in [0.717, 1.165) is 0 Å². The number of aliphatic hydroxyl groups is 2. The zero-order valence-electron chi connectivity index (χ0n) is 13.4. The number of carbonyl (C=O) groups is 1. The first-order chi connectivity index (χ1) is 12.7. The number of aliphatic hydroxyl groups excluding tert-OH is 2. The van der Waals surface area contributed by atoms with Gasteiger partial charge in [-0.2, -0.15) is 4.31 Å². The molecule has 0 spiro atoms. The van der Waals surface area contributed by atoms with Gasteiger partial charge in [0, 0.05) is 6.07 Å². The average molecular weight is 448 g/mol. The van der Waals surface area contributed by atoms with Crippen LogP contribution in [0.4, 0.5) is 0 Å². The number of phosphoric acid groups is 2. The summed E-state index contributed by atoms with van der Waals surface area (Å²) in [6.45, 7) is -1.05. The molecule has 158 valence electrons. The Labute approximate surface area is 153 Å². The number of aromatic carboxylic acids is 1. The van der Waals surface area contributed by atoms with Crippen molar-refractivity contribution < 1.29 is 57.5 Å². The Morgan fingerprint density at radius 1 is 1.21 bits per heavy atom. The van der Waals surface area contributed by atoms with Crippen LogP contribution in [0, 0.1) is 0 Å². The zero-order chi connectivity index (χ0) is 21.4. The Hall–Kier alpha value is -1.71. The van der Waals surface area contributed by atoms with Crippen LogP contribution in [0.15, 0.2) is 15.7 Å².